The normalized spacial score (nSPS) is 10.2. The standard InChI is InChI=1S/C13H9FO3/c14-9-3-6-12(16)11(7-9)13(17)8-1-4-10(15)5-2-8/h1-7,15-16H. The summed E-state index contributed by atoms with van der Waals surface area (Å²) in [5.41, 5.74) is 0.166. The van der Waals surface area contributed by atoms with Gasteiger partial charge in [0.25, 0.3) is 0 Å². The fraction of sp³-hybridized carbons (Fsp3) is 0. The monoisotopic (exact) mass is 232 g/mol. The molecule has 0 saturated heterocycles. The quantitative estimate of drug-likeness (QED) is 0.782. The fourth-order valence-electron chi connectivity index (χ4n) is 1.46. The van der Waals surface area contributed by atoms with Crippen molar-refractivity contribution in [1.29, 1.82) is 0 Å². The van der Waals surface area contributed by atoms with Crippen LogP contribution in [0, 0.1) is 5.82 Å². The third-order valence-electron chi connectivity index (χ3n) is 2.33. The predicted octanol–water partition coefficient (Wildman–Crippen LogP) is 2.47. The second-order valence-electron chi connectivity index (χ2n) is 3.54. The molecule has 0 heterocycles. The molecule has 0 atom stereocenters. The number of hydrogen-bond donors (Lipinski definition) is 2. The van der Waals surface area contributed by atoms with Gasteiger partial charge in [-0.15, -0.1) is 0 Å². The third-order valence-corrected chi connectivity index (χ3v) is 2.33. The molecule has 2 aromatic rings. The van der Waals surface area contributed by atoms with Gasteiger partial charge in [-0.1, -0.05) is 0 Å². The van der Waals surface area contributed by atoms with Crippen LogP contribution in [0.25, 0.3) is 0 Å². The summed E-state index contributed by atoms with van der Waals surface area (Å²) in [5, 5.41) is 18.6. The van der Waals surface area contributed by atoms with Crippen molar-refractivity contribution in [3.8, 4) is 11.5 Å². The summed E-state index contributed by atoms with van der Waals surface area (Å²) in [4.78, 5) is 11.9. The van der Waals surface area contributed by atoms with Crippen LogP contribution in [0.2, 0.25) is 0 Å². The Bertz CT molecular complexity index is 561. The Balaban J connectivity index is 2.43. The van der Waals surface area contributed by atoms with Crippen molar-refractivity contribution in [2.24, 2.45) is 0 Å². The summed E-state index contributed by atoms with van der Waals surface area (Å²) in [6.07, 6.45) is 0. The summed E-state index contributed by atoms with van der Waals surface area (Å²) in [7, 11) is 0. The molecule has 2 aromatic carbocycles. The van der Waals surface area contributed by atoms with Crippen LogP contribution in [0.3, 0.4) is 0 Å². The van der Waals surface area contributed by atoms with Crippen molar-refractivity contribution in [1.82, 2.24) is 0 Å². The average Bonchev–Trinajstić information content (AvgIpc) is 2.32. The van der Waals surface area contributed by atoms with Gasteiger partial charge in [0, 0.05) is 5.56 Å². The van der Waals surface area contributed by atoms with Crippen LogP contribution in [0.4, 0.5) is 4.39 Å². The molecule has 4 heteroatoms. The average molecular weight is 232 g/mol. The summed E-state index contributed by atoms with van der Waals surface area (Å²) in [6, 6.07) is 8.69. The van der Waals surface area contributed by atoms with Crippen LogP contribution in [0.15, 0.2) is 42.5 Å². The molecule has 0 radical (unpaired) electrons. The topological polar surface area (TPSA) is 57.5 Å². The first kappa shape index (κ1) is 11.1. The lowest BCUT2D eigenvalue weighted by molar-refractivity contribution is 0.103. The van der Waals surface area contributed by atoms with Gasteiger partial charge in [-0.2, -0.15) is 0 Å². The van der Waals surface area contributed by atoms with Crippen LogP contribution < -0.4 is 0 Å². The molecule has 0 spiro atoms. The molecule has 86 valence electrons. The number of rotatable bonds is 2. The zero-order valence-corrected chi connectivity index (χ0v) is 8.72. The largest absolute Gasteiger partial charge is 0.508 e. The number of benzene rings is 2. The van der Waals surface area contributed by atoms with Gasteiger partial charge in [-0.05, 0) is 42.5 Å². The predicted molar refractivity (Wildman–Crippen MR) is 59.6 cm³/mol. The van der Waals surface area contributed by atoms with E-state index in [0.29, 0.717) is 0 Å². The van der Waals surface area contributed by atoms with Gasteiger partial charge >= 0.3 is 0 Å². The van der Waals surface area contributed by atoms with Crippen molar-refractivity contribution in [2.75, 3.05) is 0 Å². The van der Waals surface area contributed by atoms with Gasteiger partial charge in [-0.3, -0.25) is 4.79 Å². The van der Waals surface area contributed by atoms with Gasteiger partial charge in [0.2, 0.25) is 0 Å². The molecule has 0 aliphatic rings. The summed E-state index contributed by atoms with van der Waals surface area (Å²) >= 11 is 0. The highest BCUT2D eigenvalue weighted by Crippen LogP contribution is 2.22. The highest BCUT2D eigenvalue weighted by molar-refractivity contribution is 6.10. The maximum Gasteiger partial charge on any atom is 0.196 e. The molecule has 3 nitrogen and oxygen atoms in total. The molecule has 2 N–H and O–H groups in total. The summed E-state index contributed by atoms with van der Waals surface area (Å²) in [6.45, 7) is 0. The molecule has 0 unspecified atom stereocenters. The third kappa shape index (κ3) is 2.25. The van der Waals surface area contributed by atoms with E-state index in [4.69, 9.17) is 5.11 Å². The molecular weight excluding hydrogens is 223 g/mol. The number of aromatic hydroxyl groups is 2. The molecule has 0 fully saturated rings. The molecule has 17 heavy (non-hydrogen) atoms. The zero-order chi connectivity index (χ0) is 12.4. The zero-order valence-electron chi connectivity index (χ0n) is 8.72. The van der Waals surface area contributed by atoms with Crippen LogP contribution in [0.1, 0.15) is 15.9 Å². The SMILES string of the molecule is O=C(c1ccc(O)cc1)c1cc(F)ccc1O. The van der Waals surface area contributed by atoms with Crippen LogP contribution >= 0.6 is 0 Å². The van der Waals surface area contributed by atoms with E-state index in [0.717, 1.165) is 18.2 Å². The van der Waals surface area contributed by atoms with Crippen LogP contribution in [-0.4, -0.2) is 16.0 Å². The van der Waals surface area contributed by atoms with E-state index >= 15 is 0 Å². The number of phenolic OH excluding ortho intramolecular Hbond substituents is 2. The van der Waals surface area contributed by atoms with E-state index in [1.807, 2.05) is 0 Å². The van der Waals surface area contributed by atoms with Gasteiger partial charge in [0.1, 0.15) is 17.3 Å². The number of hydrogen-bond acceptors (Lipinski definition) is 3. The molecule has 0 saturated carbocycles. The first-order valence-electron chi connectivity index (χ1n) is 4.90. The lowest BCUT2D eigenvalue weighted by Crippen LogP contribution is -2.01. The Morgan fingerprint density at radius 3 is 2.29 bits per heavy atom. The molecule has 0 aliphatic carbocycles. The lowest BCUT2D eigenvalue weighted by Gasteiger charge is -2.04. The minimum atomic E-state index is -0.593. The molecule has 2 rings (SSSR count). The highest BCUT2D eigenvalue weighted by Gasteiger charge is 2.14. The Morgan fingerprint density at radius 1 is 1.00 bits per heavy atom. The Hall–Kier alpha value is -2.36. The fourth-order valence-corrected chi connectivity index (χ4v) is 1.46. The van der Waals surface area contributed by atoms with Gasteiger partial charge in [0.15, 0.2) is 5.78 Å². The second kappa shape index (κ2) is 4.25. The minimum Gasteiger partial charge on any atom is -0.508 e. The first-order chi connectivity index (χ1) is 8.08. The van der Waals surface area contributed by atoms with Crippen LogP contribution in [0.5, 0.6) is 11.5 Å². The van der Waals surface area contributed by atoms with Crippen molar-refractivity contribution in [3.63, 3.8) is 0 Å². The van der Waals surface area contributed by atoms with Crippen molar-refractivity contribution in [3.05, 3.63) is 59.4 Å². The van der Waals surface area contributed by atoms with Crippen molar-refractivity contribution in [2.45, 2.75) is 0 Å². The van der Waals surface area contributed by atoms with Gasteiger partial charge in [-0.25, -0.2) is 4.39 Å². The van der Waals surface area contributed by atoms with E-state index in [9.17, 15) is 14.3 Å². The lowest BCUT2D eigenvalue weighted by atomic mass is 10.0. The number of ketones is 1. The van der Waals surface area contributed by atoms with Gasteiger partial charge in [0.05, 0.1) is 5.56 Å². The molecule has 0 amide bonds. The molecule has 0 aliphatic heterocycles. The second-order valence-corrected chi connectivity index (χ2v) is 3.54. The number of phenols is 2. The smallest absolute Gasteiger partial charge is 0.196 e. The van der Waals surface area contributed by atoms with E-state index in [1.54, 1.807) is 0 Å². The van der Waals surface area contributed by atoms with Crippen molar-refractivity contribution >= 4 is 5.78 Å². The Labute approximate surface area is 96.8 Å². The van der Waals surface area contributed by atoms with E-state index < -0.39 is 11.6 Å². The maximum absolute atomic E-state index is 13.0. The van der Waals surface area contributed by atoms with Gasteiger partial charge < -0.3 is 10.2 Å². The van der Waals surface area contributed by atoms with E-state index in [2.05, 4.69) is 0 Å². The summed E-state index contributed by atoms with van der Waals surface area (Å²) in [5.74, 6) is -1.33. The molecule has 0 bridgehead atoms. The first-order valence-corrected chi connectivity index (χ1v) is 4.90. The molecular formula is C13H9FO3. The molecule has 0 aromatic heterocycles. The minimum absolute atomic E-state index is 0.0324. The van der Waals surface area contributed by atoms with E-state index in [-0.39, 0.29) is 22.6 Å². The number of carbonyl (C=O) groups excluding carboxylic acids is 1. The van der Waals surface area contributed by atoms with Crippen LogP contribution in [-0.2, 0) is 0 Å². The Morgan fingerprint density at radius 2 is 1.65 bits per heavy atom. The number of halogens is 1. The summed E-state index contributed by atoms with van der Waals surface area (Å²) < 4.78 is 13.0. The highest BCUT2D eigenvalue weighted by atomic mass is 19.1. The Kier molecular flexibility index (Phi) is 2.78. The number of carbonyl (C=O) groups is 1. The van der Waals surface area contributed by atoms with E-state index in [1.165, 1.54) is 24.3 Å². The maximum atomic E-state index is 13.0. The van der Waals surface area contributed by atoms with Crippen molar-refractivity contribution < 1.29 is 19.4 Å².